The van der Waals surface area contributed by atoms with E-state index in [4.69, 9.17) is 21.1 Å². The van der Waals surface area contributed by atoms with Crippen LogP contribution in [0.15, 0.2) is 18.2 Å². The molecule has 144 valence electrons. The fraction of sp³-hybridized carbons (Fsp3) is 0.526. The predicted molar refractivity (Wildman–Crippen MR) is 99.8 cm³/mol. The van der Waals surface area contributed by atoms with Crippen molar-refractivity contribution in [3.8, 4) is 5.75 Å². The molecule has 7 nitrogen and oxygen atoms in total. The van der Waals surface area contributed by atoms with E-state index in [1.165, 1.54) is 0 Å². The molecule has 1 fully saturated rings. The first kappa shape index (κ1) is 18.3. The third-order valence-electron chi connectivity index (χ3n) is 5.19. The number of halogens is 1. The highest BCUT2D eigenvalue weighted by Crippen LogP contribution is 2.36. The number of nitrogens with zero attached hydrogens (tertiary/aromatic N) is 4. The quantitative estimate of drug-likeness (QED) is 0.788. The summed E-state index contributed by atoms with van der Waals surface area (Å²) >= 11 is 6.19. The average Bonchev–Trinajstić information content (AvgIpc) is 2.85. The second-order valence-corrected chi connectivity index (χ2v) is 7.70. The van der Waals surface area contributed by atoms with E-state index in [9.17, 15) is 4.79 Å². The molecule has 4 rings (SSSR count). The molecule has 1 spiro atoms. The van der Waals surface area contributed by atoms with Gasteiger partial charge in [-0.3, -0.25) is 4.79 Å². The molecule has 1 aromatic heterocycles. The van der Waals surface area contributed by atoms with Gasteiger partial charge in [0.2, 0.25) is 5.91 Å². The largest absolute Gasteiger partial charge is 0.485 e. The molecule has 2 aliphatic heterocycles. The van der Waals surface area contributed by atoms with Crippen molar-refractivity contribution in [3.63, 3.8) is 0 Å². The van der Waals surface area contributed by atoms with Gasteiger partial charge in [0.15, 0.2) is 0 Å². The third kappa shape index (κ3) is 3.80. The average molecular weight is 391 g/mol. The molecule has 0 unspecified atom stereocenters. The summed E-state index contributed by atoms with van der Waals surface area (Å²) in [4.78, 5) is 19.3. The molecule has 2 aromatic rings. The van der Waals surface area contributed by atoms with Crippen molar-refractivity contribution in [2.24, 2.45) is 0 Å². The second-order valence-electron chi connectivity index (χ2n) is 7.26. The number of carbonyl (C=O) groups is 1. The first-order valence-electron chi connectivity index (χ1n) is 9.15. The molecule has 0 N–H and O–H groups in total. The molecule has 0 atom stereocenters. The van der Waals surface area contributed by atoms with E-state index in [0.717, 1.165) is 30.0 Å². The van der Waals surface area contributed by atoms with E-state index in [-0.39, 0.29) is 12.5 Å². The zero-order valence-electron chi connectivity index (χ0n) is 15.6. The van der Waals surface area contributed by atoms with Crippen LogP contribution in [0.3, 0.4) is 0 Å². The van der Waals surface area contributed by atoms with Crippen LogP contribution in [-0.4, -0.2) is 50.9 Å². The van der Waals surface area contributed by atoms with Crippen LogP contribution in [0.25, 0.3) is 0 Å². The van der Waals surface area contributed by atoms with Crippen LogP contribution >= 0.6 is 11.6 Å². The van der Waals surface area contributed by atoms with Gasteiger partial charge in [-0.1, -0.05) is 11.6 Å². The third-order valence-corrected chi connectivity index (χ3v) is 5.43. The van der Waals surface area contributed by atoms with Gasteiger partial charge in [0.05, 0.1) is 19.8 Å². The van der Waals surface area contributed by atoms with Gasteiger partial charge in [0.25, 0.3) is 0 Å². The normalized spacial score (nSPS) is 18.7. The Bertz CT molecular complexity index is 861. The maximum atomic E-state index is 13.1. The summed E-state index contributed by atoms with van der Waals surface area (Å²) in [5.74, 6) is 2.18. The molecule has 0 bridgehead atoms. The number of aromatic nitrogens is 3. The molecule has 2 aliphatic rings. The van der Waals surface area contributed by atoms with Gasteiger partial charge >= 0.3 is 0 Å². The molecule has 1 amide bonds. The van der Waals surface area contributed by atoms with Crippen molar-refractivity contribution in [1.82, 2.24) is 19.7 Å². The van der Waals surface area contributed by atoms with Crippen molar-refractivity contribution < 1.29 is 14.3 Å². The summed E-state index contributed by atoms with van der Waals surface area (Å²) in [7, 11) is 0. The van der Waals surface area contributed by atoms with Crippen molar-refractivity contribution in [2.75, 3.05) is 19.8 Å². The first-order valence-corrected chi connectivity index (χ1v) is 9.53. The molecule has 1 saturated heterocycles. The highest BCUT2D eigenvalue weighted by molar-refractivity contribution is 6.30. The van der Waals surface area contributed by atoms with Gasteiger partial charge in [0.1, 0.15) is 29.5 Å². The molecule has 0 radical (unpaired) electrons. The van der Waals surface area contributed by atoms with Crippen LogP contribution in [0.5, 0.6) is 5.75 Å². The Balaban J connectivity index is 1.64. The van der Waals surface area contributed by atoms with Gasteiger partial charge in [-0.2, -0.15) is 5.10 Å². The Morgan fingerprint density at radius 3 is 2.78 bits per heavy atom. The van der Waals surface area contributed by atoms with Gasteiger partial charge in [-0.15, -0.1) is 0 Å². The second kappa shape index (κ2) is 7.13. The van der Waals surface area contributed by atoms with Crippen LogP contribution in [0.2, 0.25) is 5.02 Å². The minimum absolute atomic E-state index is 0.00899. The molecule has 1 aromatic carbocycles. The monoisotopic (exact) mass is 390 g/mol. The number of hydrogen-bond acceptors (Lipinski definition) is 5. The number of fused-ring (bicyclic) bond motifs is 1. The van der Waals surface area contributed by atoms with Crippen molar-refractivity contribution in [3.05, 3.63) is 40.4 Å². The summed E-state index contributed by atoms with van der Waals surface area (Å²) in [6.07, 6.45) is 1.50. The zero-order valence-corrected chi connectivity index (χ0v) is 16.3. The molecule has 3 heterocycles. The Kier molecular flexibility index (Phi) is 4.82. The van der Waals surface area contributed by atoms with E-state index in [2.05, 4.69) is 10.1 Å². The highest BCUT2D eigenvalue weighted by Gasteiger charge is 2.40. The number of ether oxygens (including phenoxy) is 2. The molecule has 8 heteroatoms. The molecular weight excluding hydrogens is 368 g/mol. The SMILES string of the molecule is Cc1nc(C)n(CC(=O)N2Cc3cc(Cl)ccc3OC3(CCOCC3)C2)n1. The lowest BCUT2D eigenvalue weighted by Gasteiger charge is -2.38. The van der Waals surface area contributed by atoms with Crippen LogP contribution in [0.4, 0.5) is 0 Å². The van der Waals surface area contributed by atoms with E-state index in [1.54, 1.807) is 4.68 Å². The summed E-state index contributed by atoms with van der Waals surface area (Å²) < 4.78 is 13.6. The topological polar surface area (TPSA) is 69.5 Å². The number of aryl methyl sites for hydroxylation is 2. The number of rotatable bonds is 2. The van der Waals surface area contributed by atoms with E-state index >= 15 is 0 Å². The van der Waals surface area contributed by atoms with E-state index in [1.807, 2.05) is 36.9 Å². The molecule has 0 saturated carbocycles. The Morgan fingerprint density at radius 1 is 1.30 bits per heavy atom. The van der Waals surface area contributed by atoms with Gasteiger partial charge in [-0.25, -0.2) is 9.67 Å². The summed E-state index contributed by atoms with van der Waals surface area (Å²) in [6, 6.07) is 5.60. The zero-order chi connectivity index (χ0) is 19.0. The Morgan fingerprint density at radius 2 is 2.07 bits per heavy atom. The summed E-state index contributed by atoms with van der Waals surface area (Å²) in [5, 5.41) is 4.95. The number of benzene rings is 1. The predicted octanol–water partition coefficient (Wildman–Crippen LogP) is 2.52. The molecular formula is C19H23ClN4O3. The fourth-order valence-corrected chi connectivity index (χ4v) is 3.96. The van der Waals surface area contributed by atoms with Crippen LogP contribution in [0, 0.1) is 13.8 Å². The lowest BCUT2D eigenvalue weighted by molar-refractivity contribution is -0.137. The maximum Gasteiger partial charge on any atom is 0.244 e. The van der Waals surface area contributed by atoms with E-state index < -0.39 is 5.60 Å². The molecule has 27 heavy (non-hydrogen) atoms. The standard InChI is InChI=1S/C19H23ClN4O3/c1-13-21-14(2)24(22-13)11-18(25)23-10-15-9-16(20)3-4-17(15)27-19(12-23)5-7-26-8-6-19/h3-4,9H,5-8,10-12H2,1-2H3. The maximum absolute atomic E-state index is 13.1. The lowest BCUT2D eigenvalue weighted by Crippen LogP contribution is -2.51. The summed E-state index contributed by atoms with van der Waals surface area (Å²) in [6.45, 7) is 6.09. The minimum atomic E-state index is -0.430. The highest BCUT2D eigenvalue weighted by atomic mass is 35.5. The number of carbonyl (C=O) groups excluding carboxylic acids is 1. The molecule has 0 aliphatic carbocycles. The lowest BCUT2D eigenvalue weighted by atomic mass is 9.93. The van der Waals surface area contributed by atoms with Gasteiger partial charge in [-0.05, 0) is 32.0 Å². The Labute approximate surface area is 163 Å². The van der Waals surface area contributed by atoms with Gasteiger partial charge < -0.3 is 14.4 Å². The van der Waals surface area contributed by atoms with Crippen molar-refractivity contribution in [2.45, 2.75) is 45.4 Å². The Hall–Kier alpha value is -2.12. The minimum Gasteiger partial charge on any atom is -0.485 e. The smallest absolute Gasteiger partial charge is 0.244 e. The summed E-state index contributed by atoms with van der Waals surface area (Å²) in [5.41, 5.74) is 0.492. The van der Waals surface area contributed by atoms with Crippen LogP contribution in [0.1, 0.15) is 30.1 Å². The van der Waals surface area contributed by atoms with Gasteiger partial charge in [0, 0.05) is 30.0 Å². The first-order chi connectivity index (χ1) is 12.9. The van der Waals surface area contributed by atoms with Crippen molar-refractivity contribution >= 4 is 17.5 Å². The fourth-order valence-electron chi connectivity index (χ4n) is 3.77. The number of hydrogen-bond donors (Lipinski definition) is 0. The number of amides is 1. The van der Waals surface area contributed by atoms with E-state index in [0.29, 0.717) is 37.2 Å². The van der Waals surface area contributed by atoms with Crippen LogP contribution < -0.4 is 4.74 Å². The van der Waals surface area contributed by atoms with Crippen molar-refractivity contribution in [1.29, 1.82) is 0 Å². The van der Waals surface area contributed by atoms with Crippen LogP contribution in [-0.2, 0) is 22.6 Å².